The Hall–Kier alpha value is -1.97. The predicted octanol–water partition coefficient (Wildman–Crippen LogP) is 2.23. The summed E-state index contributed by atoms with van der Waals surface area (Å²) in [6.07, 6.45) is 2.22. The number of fused-ring (bicyclic) bond motifs is 1. The van der Waals surface area contributed by atoms with E-state index in [9.17, 15) is 4.79 Å². The maximum Gasteiger partial charge on any atom is 0.217 e. The number of morpholine rings is 1. The van der Waals surface area contributed by atoms with Crippen LogP contribution in [0.2, 0.25) is 0 Å². The summed E-state index contributed by atoms with van der Waals surface area (Å²) < 4.78 is 17.2. The number of carbonyl (C=O) groups is 1. The molecule has 0 aromatic carbocycles. The summed E-state index contributed by atoms with van der Waals surface area (Å²) in [6, 6.07) is 3.92. The quantitative estimate of drug-likeness (QED) is 0.701. The van der Waals surface area contributed by atoms with E-state index in [1.54, 1.807) is 11.3 Å². The van der Waals surface area contributed by atoms with Gasteiger partial charge in [-0.1, -0.05) is 11.3 Å². The number of nitrogens with one attached hydrogen (secondary N) is 1. The molecule has 2 aliphatic rings. The minimum Gasteiger partial charge on any atom is -0.477 e. The molecular weight excluding hydrogens is 392 g/mol. The van der Waals surface area contributed by atoms with Crippen LogP contribution in [0.4, 0.5) is 5.13 Å². The maximum atomic E-state index is 11.0. The Kier molecular flexibility index (Phi) is 6.46. The third kappa shape index (κ3) is 5.34. The number of nitrogens with zero attached hydrogens (tertiary/aromatic N) is 3. The summed E-state index contributed by atoms with van der Waals surface area (Å²) in [4.78, 5) is 23.5. The zero-order chi connectivity index (χ0) is 20.2. The molecule has 1 aliphatic carbocycles. The standard InChI is InChI=1S/C20H28N4O4S/c1-13(21-14(2)25)11-27-16-9-15(10-16)12-28-18-4-3-17-19(23-18)29-20(22-17)24-5-7-26-8-6-24/h3-4,13,15-16H,5-12H2,1-2H3,(H,21,25)/t13-,15?,16?/m0/s1. The number of aromatic nitrogens is 2. The van der Waals surface area contributed by atoms with Gasteiger partial charge < -0.3 is 24.4 Å². The number of anilines is 1. The Labute approximate surface area is 174 Å². The Morgan fingerprint density at radius 2 is 2.14 bits per heavy atom. The molecule has 4 rings (SSSR count). The minimum absolute atomic E-state index is 0.0246. The molecule has 8 nitrogen and oxygen atoms in total. The van der Waals surface area contributed by atoms with Gasteiger partial charge in [-0.15, -0.1) is 0 Å². The van der Waals surface area contributed by atoms with Crippen molar-refractivity contribution in [3.8, 4) is 5.88 Å². The molecular formula is C20H28N4O4S. The first-order chi connectivity index (χ1) is 14.1. The highest BCUT2D eigenvalue weighted by Gasteiger charge is 2.31. The van der Waals surface area contributed by atoms with Gasteiger partial charge in [0.15, 0.2) is 5.13 Å². The lowest BCUT2D eigenvalue weighted by molar-refractivity contribution is -0.120. The SMILES string of the molecule is CC(=O)N[C@@H](C)COC1CC(COc2ccc3nc(N4CCOCC4)sc3n2)C1. The van der Waals surface area contributed by atoms with E-state index in [-0.39, 0.29) is 18.1 Å². The van der Waals surface area contributed by atoms with Crippen LogP contribution in [-0.2, 0) is 14.3 Å². The first-order valence-corrected chi connectivity index (χ1v) is 11.0. The fourth-order valence-corrected chi connectivity index (χ4v) is 4.56. The van der Waals surface area contributed by atoms with E-state index in [2.05, 4.69) is 15.2 Å². The molecule has 1 saturated heterocycles. The molecule has 158 valence electrons. The highest BCUT2D eigenvalue weighted by atomic mass is 32.1. The van der Waals surface area contributed by atoms with E-state index in [0.717, 1.165) is 54.6 Å². The number of hydrogen-bond acceptors (Lipinski definition) is 8. The number of rotatable bonds is 8. The van der Waals surface area contributed by atoms with Crippen LogP contribution in [0.15, 0.2) is 12.1 Å². The van der Waals surface area contributed by atoms with Crippen LogP contribution in [0.25, 0.3) is 10.3 Å². The van der Waals surface area contributed by atoms with Crippen molar-refractivity contribution in [1.82, 2.24) is 15.3 Å². The van der Waals surface area contributed by atoms with Gasteiger partial charge in [0.1, 0.15) is 10.3 Å². The lowest BCUT2D eigenvalue weighted by Gasteiger charge is -2.35. The molecule has 0 radical (unpaired) electrons. The zero-order valence-corrected chi connectivity index (χ0v) is 17.7. The summed E-state index contributed by atoms with van der Waals surface area (Å²) in [7, 11) is 0. The van der Waals surface area contributed by atoms with Gasteiger partial charge in [-0.25, -0.2) is 9.97 Å². The lowest BCUT2D eigenvalue weighted by Crippen LogP contribution is -2.40. The van der Waals surface area contributed by atoms with E-state index in [0.29, 0.717) is 25.0 Å². The van der Waals surface area contributed by atoms with Gasteiger partial charge in [0.05, 0.1) is 32.5 Å². The van der Waals surface area contributed by atoms with Crippen molar-refractivity contribution >= 4 is 32.7 Å². The van der Waals surface area contributed by atoms with Gasteiger partial charge in [-0.05, 0) is 31.7 Å². The third-order valence-electron chi connectivity index (χ3n) is 5.19. The normalized spacial score (nSPS) is 22.9. The van der Waals surface area contributed by atoms with Crippen molar-refractivity contribution in [3.63, 3.8) is 0 Å². The van der Waals surface area contributed by atoms with Crippen LogP contribution < -0.4 is 15.0 Å². The van der Waals surface area contributed by atoms with Crippen LogP contribution in [0.3, 0.4) is 0 Å². The molecule has 29 heavy (non-hydrogen) atoms. The smallest absolute Gasteiger partial charge is 0.217 e. The Balaban J connectivity index is 1.22. The van der Waals surface area contributed by atoms with Gasteiger partial charge >= 0.3 is 0 Å². The zero-order valence-electron chi connectivity index (χ0n) is 16.9. The number of hydrogen-bond donors (Lipinski definition) is 1. The fraction of sp³-hybridized carbons (Fsp3) is 0.650. The van der Waals surface area contributed by atoms with Crippen LogP contribution in [0.1, 0.15) is 26.7 Å². The van der Waals surface area contributed by atoms with E-state index < -0.39 is 0 Å². The fourth-order valence-electron chi connectivity index (χ4n) is 3.58. The second kappa shape index (κ2) is 9.23. The lowest BCUT2D eigenvalue weighted by atomic mass is 9.83. The first kappa shape index (κ1) is 20.3. The summed E-state index contributed by atoms with van der Waals surface area (Å²) in [5, 5.41) is 3.83. The van der Waals surface area contributed by atoms with Crippen molar-refractivity contribution in [2.45, 2.75) is 38.8 Å². The Morgan fingerprint density at radius 3 is 2.90 bits per heavy atom. The van der Waals surface area contributed by atoms with Gasteiger partial charge in [-0.2, -0.15) is 0 Å². The summed E-state index contributed by atoms with van der Waals surface area (Å²) >= 11 is 1.60. The molecule has 1 saturated carbocycles. The van der Waals surface area contributed by atoms with Gasteiger partial charge in [0.2, 0.25) is 11.8 Å². The molecule has 1 atom stereocenters. The molecule has 0 spiro atoms. The molecule has 2 fully saturated rings. The van der Waals surface area contributed by atoms with E-state index in [1.165, 1.54) is 6.92 Å². The second-order valence-corrected chi connectivity index (χ2v) is 8.73. The number of pyridine rings is 1. The Bertz CT molecular complexity index is 833. The molecule has 2 aromatic heterocycles. The topological polar surface area (TPSA) is 85.8 Å². The van der Waals surface area contributed by atoms with Crippen molar-refractivity contribution < 1.29 is 19.0 Å². The molecule has 0 unspecified atom stereocenters. The van der Waals surface area contributed by atoms with Crippen molar-refractivity contribution in [1.29, 1.82) is 0 Å². The third-order valence-corrected chi connectivity index (χ3v) is 6.22. The van der Waals surface area contributed by atoms with E-state index >= 15 is 0 Å². The number of amides is 1. The van der Waals surface area contributed by atoms with Gasteiger partial charge in [0.25, 0.3) is 0 Å². The molecule has 1 aliphatic heterocycles. The monoisotopic (exact) mass is 420 g/mol. The molecule has 1 N–H and O–H groups in total. The van der Waals surface area contributed by atoms with Crippen LogP contribution in [0.5, 0.6) is 5.88 Å². The van der Waals surface area contributed by atoms with Crippen LogP contribution in [-0.4, -0.2) is 67.5 Å². The minimum atomic E-state index is -0.0246. The van der Waals surface area contributed by atoms with Crippen molar-refractivity contribution in [3.05, 3.63) is 12.1 Å². The number of thiazole rings is 1. The summed E-state index contributed by atoms with van der Waals surface area (Å²) in [6.45, 7) is 7.91. The van der Waals surface area contributed by atoms with Gasteiger partial charge in [0, 0.05) is 32.1 Å². The molecule has 0 bridgehead atoms. The molecule has 3 heterocycles. The highest BCUT2D eigenvalue weighted by Crippen LogP contribution is 2.32. The second-order valence-electron chi connectivity index (χ2n) is 7.77. The average Bonchev–Trinajstić information content (AvgIpc) is 3.10. The average molecular weight is 421 g/mol. The van der Waals surface area contributed by atoms with Crippen LogP contribution >= 0.6 is 11.3 Å². The van der Waals surface area contributed by atoms with Gasteiger partial charge in [-0.3, -0.25) is 4.79 Å². The van der Waals surface area contributed by atoms with E-state index in [4.69, 9.17) is 19.2 Å². The molecule has 2 aromatic rings. The van der Waals surface area contributed by atoms with Crippen LogP contribution in [0, 0.1) is 5.92 Å². The summed E-state index contributed by atoms with van der Waals surface area (Å²) in [5.41, 5.74) is 0.911. The summed E-state index contributed by atoms with van der Waals surface area (Å²) in [5.74, 6) is 1.11. The number of ether oxygens (including phenoxy) is 3. The predicted molar refractivity (Wildman–Crippen MR) is 112 cm³/mol. The number of carbonyl (C=O) groups excluding carboxylic acids is 1. The Morgan fingerprint density at radius 1 is 1.34 bits per heavy atom. The van der Waals surface area contributed by atoms with Crippen molar-refractivity contribution in [2.75, 3.05) is 44.4 Å². The van der Waals surface area contributed by atoms with E-state index in [1.807, 2.05) is 19.1 Å². The molecule has 1 amide bonds. The maximum absolute atomic E-state index is 11.0. The molecule has 9 heteroatoms. The first-order valence-electron chi connectivity index (χ1n) is 10.2. The highest BCUT2D eigenvalue weighted by molar-refractivity contribution is 7.21. The van der Waals surface area contributed by atoms with Crippen molar-refractivity contribution in [2.24, 2.45) is 5.92 Å². The largest absolute Gasteiger partial charge is 0.477 e.